The van der Waals surface area contributed by atoms with Crippen LogP contribution in [-0.4, -0.2) is 35.3 Å². The molecule has 33 heavy (non-hydrogen) atoms. The molecule has 0 aliphatic heterocycles. The minimum atomic E-state index is -3.82. The largest absolute Gasteiger partial charge is 0.329 e. The maximum atomic E-state index is 13.2. The van der Waals surface area contributed by atoms with Gasteiger partial charge in [-0.1, -0.05) is 35.9 Å². The van der Waals surface area contributed by atoms with Gasteiger partial charge in [0.05, 0.1) is 24.2 Å². The Morgan fingerprint density at radius 1 is 1.24 bits per heavy atom. The van der Waals surface area contributed by atoms with Crippen LogP contribution in [-0.2, 0) is 22.1 Å². The molecule has 0 N–H and O–H groups in total. The van der Waals surface area contributed by atoms with Crippen molar-refractivity contribution in [2.75, 3.05) is 6.54 Å². The second-order valence-electron chi connectivity index (χ2n) is 7.87. The summed E-state index contributed by atoms with van der Waals surface area (Å²) in [5.41, 5.74) is 1.45. The van der Waals surface area contributed by atoms with E-state index in [-0.39, 0.29) is 35.9 Å². The van der Waals surface area contributed by atoms with Gasteiger partial charge < -0.3 is 9.47 Å². The average Bonchev–Trinajstić information content (AvgIpc) is 3.19. The molecule has 2 aromatic carbocycles. The van der Waals surface area contributed by atoms with Crippen LogP contribution in [0.5, 0.6) is 0 Å². The molecule has 6 nitrogen and oxygen atoms in total. The van der Waals surface area contributed by atoms with Crippen LogP contribution < -0.4 is 0 Å². The highest BCUT2D eigenvalue weighted by Gasteiger charge is 2.27. The van der Waals surface area contributed by atoms with Crippen molar-refractivity contribution in [3.05, 3.63) is 95.0 Å². The molecule has 0 saturated carbocycles. The quantitative estimate of drug-likeness (QED) is 0.394. The van der Waals surface area contributed by atoms with Crippen molar-refractivity contribution in [1.29, 1.82) is 0 Å². The average molecular weight is 490 g/mol. The first-order valence-electron chi connectivity index (χ1n) is 10.3. The van der Waals surface area contributed by atoms with Gasteiger partial charge in [-0.15, -0.1) is 6.58 Å². The molecular formula is C24H25ClFN3O3S. The van der Waals surface area contributed by atoms with Gasteiger partial charge in [-0.2, -0.15) is 0 Å². The predicted octanol–water partition coefficient (Wildman–Crippen LogP) is 5.06. The zero-order chi connectivity index (χ0) is 24.2. The smallest absolute Gasteiger partial charge is 0.254 e. The molecule has 0 saturated heterocycles. The van der Waals surface area contributed by atoms with Crippen molar-refractivity contribution in [3.63, 3.8) is 0 Å². The van der Waals surface area contributed by atoms with Crippen molar-refractivity contribution < 1.29 is 17.6 Å². The molecule has 1 heterocycles. The van der Waals surface area contributed by atoms with Gasteiger partial charge in [0, 0.05) is 23.2 Å². The molecule has 1 amide bonds. The van der Waals surface area contributed by atoms with E-state index in [9.17, 15) is 17.6 Å². The van der Waals surface area contributed by atoms with Crippen LogP contribution in [0.3, 0.4) is 0 Å². The topological polar surface area (TPSA) is 72.3 Å². The summed E-state index contributed by atoms with van der Waals surface area (Å²) in [7, 11) is -3.82. The number of benzene rings is 2. The number of imidazole rings is 1. The predicted molar refractivity (Wildman–Crippen MR) is 126 cm³/mol. The fraction of sp³-hybridized carbons (Fsp3) is 0.250. The highest BCUT2D eigenvalue weighted by atomic mass is 35.5. The second-order valence-corrected chi connectivity index (χ2v) is 10.2. The molecule has 9 heteroatoms. The lowest BCUT2D eigenvalue weighted by Gasteiger charge is -2.23. The van der Waals surface area contributed by atoms with Gasteiger partial charge in [0.25, 0.3) is 5.91 Å². The first kappa shape index (κ1) is 24.7. The Bertz CT molecular complexity index is 1250. The standard InChI is InChI=1S/C24H25ClFN3O3S/c1-4-12-28(23(30)19-6-5-7-20(25)13-19)15-22-14-27-24(29(22)17(2)3)33(31,32)16-18-8-10-21(26)11-9-18/h4-11,13-14,17H,1,12,15-16H2,2-3H3. The molecule has 0 bridgehead atoms. The number of aromatic nitrogens is 2. The lowest BCUT2D eigenvalue weighted by atomic mass is 10.2. The van der Waals surface area contributed by atoms with E-state index in [1.54, 1.807) is 39.8 Å². The zero-order valence-electron chi connectivity index (χ0n) is 18.4. The lowest BCUT2D eigenvalue weighted by Crippen LogP contribution is -2.32. The molecule has 0 spiro atoms. The van der Waals surface area contributed by atoms with Crippen LogP contribution in [0.15, 0.2) is 72.5 Å². The van der Waals surface area contributed by atoms with E-state index in [2.05, 4.69) is 11.6 Å². The van der Waals surface area contributed by atoms with E-state index in [0.29, 0.717) is 21.8 Å². The summed E-state index contributed by atoms with van der Waals surface area (Å²) in [6.07, 6.45) is 3.07. The summed E-state index contributed by atoms with van der Waals surface area (Å²) in [6, 6.07) is 11.7. The highest BCUT2D eigenvalue weighted by molar-refractivity contribution is 7.90. The van der Waals surface area contributed by atoms with Gasteiger partial charge >= 0.3 is 0 Å². The van der Waals surface area contributed by atoms with Crippen LogP contribution in [0.1, 0.15) is 41.5 Å². The minimum Gasteiger partial charge on any atom is -0.329 e. The Hall–Kier alpha value is -2.97. The molecule has 0 radical (unpaired) electrons. The third-order valence-electron chi connectivity index (χ3n) is 4.97. The van der Waals surface area contributed by atoms with Crippen LogP contribution in [0.25, 0.3) is 0 Å². The van der Waals surface area contributed by atoms with Crippen molar-refractivity contribution in [2.24, 2.45) is 0 Å². The molecular weight excluding hydrogens is 465 g/mol. The van der Waals surface area contributed by atoms with E-state index in [4.69, 9.17) is 11.6 Å². The number of nitrogens with zero attached hydrogens (tertiary/aromatic N) is 3. The maximum absolute atomic E-state index is 13.2. The second kappa shape index (κ2) is 10.3. The van der Waals surface area contributed by atoms with E-state index in [0.717, 1.165) is 0 Å². The molecule has 3 aromatic rings. The Balaban J connectivity index is 1.93. The molecule has 0 aliphatic carbocycles. The molecule has 0 unspecified atom stereocenters. The third-order valence-corrected chi connectivity index (χ3v) is 6.77. The number of rotatable bonds is 9. The molecule has 174 valence electrons. The number of halogens is 2. The summed E-state index contributed by atoms with van der Waals surface area (Å²) in [6.45, 7) is 7.81. The summed E-state index contributed by atoms with van der Waals surface area (Å²) in [5.74, 6) is -1.01. The van der Waals surface area contributed by atoms with E-state index in [1.165, 1.54) is 30.5 Å². The van der Waals surface area contributed by atoms with Crippen molar-refractivity contribution in [3.8, 4) is 0 Å². The molecule has 1 aromatic heterocycles. The summed E-state index contributed by atoms with van der Waals surface area (Å²) in [5, 5.41) is 0.353. The monoisotopic (exact) mass is 489 g/mol. The van der Waals surface area contributed by atoms with Gasteiger partial charge in [0.15, 0.2) is 0 Å². The maximum Gasteiger partial charge on any atom is 0.254 e. The van der Waals surface area contributed by atoms with Gasteiger partial charge in [0.1, 0.15) is 5.82 Å². The van der Waals surface area contributed by atoms with Crippen LogP contribution in [0, 0.1) is 5.82 Å². The summed E-state index contributed by atoms with van der Waals surface area (Å²) < 4.78 is 41.1. The normalized spacial score (nSPS) is 11.5. The van der Waals surface area contributed by atoms with Gasteiger partial charge in [-0.25, -0.2) is 17.8 Å². The Kier molecular flexibility index (Phi) is 7.71. The zero-order valence-corrected chi connectivity index (χ0v) is 20.0. The Labute approximate surface area is 198 Å². The number of carbonyl (C=O) groups excluding carboxylic acids is 1. The lowest BCUT2D eigenvalue weighted by molar-refractivity contribution is 0.0758. The number of hydrogen-bond donors (Lipinski definition) is 0. The van der Waals surface area contributed by atoms with E-state index < -0.39 is 15.7 Å². The first-order valence-corrected chi connectivity index (χ1v) is 12.3. The highest BCUT2D eigenvalue weighted by Crippen LogP contribution is 2.23. The van der Waals surface area contributed by atoms with Gasteiger partial charge in [0.2, 0.25) is 15.0 Å². The summed E-state index contributed by atoms with van der Waals surface area (Å²) in [4.78, 5) is 18.8. The summed E-state index contributed by atoms with van der Waals surface area (Å²) >= 11 is 6.03. The van der Waals surface area contributed by atoms with Crippen molar-refractivity contribution in [2.45, 2.75) is 37.3 Å². The SMILES string of the molecule is C=CCN(Cc1cnc(S(=O)(=O)Cc2ccc(F)cc2)n1C(C)C)C(=O)c1cccc(Cl)c1. The number of carbonyl (C=O) groups is 1. The van der Waals surface area contributed by atoms with Crippen molar-refractivity contribution in [1.82, 2.24) is 14.5 Å². The van der Waals surface area contributed by atoms with E-state index >= 15 is 0 Å². The Morgan fingerprint density at radius 3 is 2.55 bits per heavy atom. The molecule has 0 fully saturated rings. The molecule has 0 atom stereocenters. The van der Waals surface area contributed by atoms with Crippen LogP contribution >= 0.6 is 11.6 Å². The third kappa shape index (κ3) is 5.89. The van der Waals surface area contributed by atoms with Crippen LogP contribution in [0.4, 0.5) is 4.39 Å². The first-order chi connectivity index (χ1) is 15.6. The fourth-order valence-corrected chi connectivity index (χ4v) is 5.31. The van der Waals surface area contributed by atoms with Crippen LogP contribution in [0.2, 0.25) is 5.02 Å². The minimum absolute atomic E-state index is 0.0921. The van der Waals surface area contributed by atoms with Gasteiger partial charge in [-0.3, -0.25) is 4.79 Å². The molecule has 3 rings (SSSR count). The number of amides is 1. The van der Waals surface area contributed by atoms with Gasteiger partial charge in [-0.05, 0) is 49.7 Å². The molecule has 0 aliphatic rings. The fourth-order valence-electron chi connectivity index (χ4n) is 3.52. The number of sulfone groups is 1. The number of hydrogen-bond acceptors (Lipinski definition) is 4. The Morgan fingerprint density at radius 2 is 1.94 bits per heavy atom. The van der Waals surface area contributed by atoms with Crippen molar-refractivity contribution >= 4 is 27.3 Å². The van der Waals surface area contributed by atoms with E-state index in [1.807, 2.05) is 13.8 Å².